The summed E-state index contributed by atoms with van der Waals surface area (Å²) in [5.74, 6) is 0. The first-order chi connectivity index (χ1) is 6.33. The lowest BCUT2D eigenvalue weighted by Crippen LogP contribution is -2.25. The lowest BCUT2D eigenvalue weighted by atomic mass is 10.3. The van der Waals surface area contributed by atoms with E-state index in [2.05, 4.69) is 10.2 Å². The molecule has 14 heavy (non-hydrogen) atoms. The predicted octanol–water partition coefficient (Wildman–Crippen LogP) is 2.98. The van der Waals surface area contributed by atoms with Crippen LogP contribution in [-0.2, 0) is 9.47 Å². The fourth-order valence-corrected chi connectivity index (χ4v) is 1.01. The Kier molecular flexibility index (Phi) is 5.23. The van der Waals surface area contributed by atoms with Gasteiger partial charge in [-0.15, -0.1) is 0 Å². The van der Waals surface area contributed by atoms with Crippen LogP contribution in [0.2, 0.25) is 0 Å². The van der Waals surface area contributed by atoms with Gasteiger partial charge in [0.15, 0.2) is 11.4 Å². The molecule has 0 aliphatic carbocycles. The van der Waals surface area contributed by atoms with Crippen molar-refractivity contribution in [2.75, 3.05) is 13.2 Å². The topological polar surface area (TPSA) is 43.2 Å². The van der Waals surface area contributed by atoms with E-state index in [0.29, 0.717) is 13.2 Å². The van der Waals surface area contributed by atoms with Gasteiger partial charge < -0.3 is 9.47 Å². The lowest BCUT2D eigenvalue weighted by Gasteiger charge is -2.22. The molecule has 4 heteroatoms. The van der Waals surface area contributed by atoms with Crippen LogP contribution in [0.4, 0.5) is 0 Å². The molecular weight excluding hydrogens is 180 g/mol. The zero-order chi connectivity index (χ0) is 11.2. The molecule has 0 aliphatic heterocycles. The zero-order valence-electron chi connectivity index (χ0n) is 10.1. The second-order valence-electron chi connectivity index (χ2n) is 3.96. The molecule has 0 radical (unpaired) electrons. The highest BCUT2D eigenvalue weighted by molar-refractivity contribution is 4.67. The first-order valence-electron chi connectivity index (χ1n) is 5.05. The molecule has 0 saturated carbocycles. The summed E-state index contributed by atoms with van der Waals surface area (Å²) in [5, 5.41) is 8.23. The minimum atomic E-state index is -0.566. The molecule has 0 heterocycles. The Bertz CT molecular complexity index is 169. The quantitative estimate of drug-likeness (QED) is 0.621. The minimum Gasteiger partial charge on any atom is -0.353 e. The van der Waals surface area contributed by atoms with Gasteiger partial charge in [-0.2, -0.15) is 10.2 Å². The van der Waals surface area contributed by atoms with Crippen LogP contribution in [0.15, 0.2) is 10.2 Å². The van der Waals surface area contributed by atoms with Gasteiger partial charge in [-0.1, -0.05) is 0 Å². The Balaban J connectivity index is 4.26. The number of rotatable bonds is 6. The first kappa shape index (κ1) is 13.5. The molecule has 0 aromatic heterocycles. The summed E-state index contributed by atoms with van der Waals surface area (Å²) in [5.41, 5.74) is -1.13. The minimum absolute atomic E-state index is 0.566. The van der Waals surface area contributed by atoms with Gasteiger partial charge in [-0.3, -0.25) is 0 Å². The van der Waals surface area contributed by atoms with E-state index in [-0.39, 0.29) is 0 Å². The number of hydrogen-bond acceptors (Lipinski definition) is 4. The lowest BCUT2D eigenvalue weighted by molar-refractivity contribution is -0.0379. The van der Waals surface area contributed by atoms with Crippen LogP contribution in [0.25, 0.3) is 0 Å². The molecule has 0 amide bonds. The van der Waals surface area contributed by atoms with Crippen molar-refractivity contribution < 1.29 is 9.47 Å². The van der Waals surface area contributed by atoms with E-state index in [9.17, 15) is 0 Å². The van der Waals surface area contributed by atoms with E-state index in [1.807, 2.05) is 41.5 Å². The van der Waals surface area contributed by atoms with E-state index in [1.165, 1.54) is 0 Å². The van der Waals surface area contributed by atoms with Crippen molar-refractivity contribution in [3.05, 3.63) is 0 Å². The third kappa shape index (κ3) is 6.05. The van der Waals surface area contributed by atoms with Crippen molar-refractivity contribution in [2.45, 2.75) is 53.0 Å². The molecule has 0 N–H and O–H groups in total. The summed E-state index contributed by atoms with van der Waals surface area (Å²) >= 11 is 0. The number of ether oxygens (including phenoxy) is 2. The predicted molar refractivity (Wildman–Crippen MR) is 56.3 cm³/mol. The van der Waals surface area contributed by atoms with Gasteiger partial charge in [-0.25, -0.2) is 0 Å². The summed E-state index contributed by atoms with van der Waals surface area (Å²) < 4.78 is 10.8. The molecule has 0 aliphatic rings. The SMILES string of the molecule is CCOC(C)(C)N=NC(C)(C)OCC. The van der Waals surface area contributed by atoms with Crippen molar-refractivity contribution in [3.8, 4) is 0 Å². The number of nitrogens with zero attached hydrogens (tertiary/aromatic N) is 2. The fourth-order valence-electron chi connectivity index (χ4n) is 1.01. The largest absolute Gasteiger partial charge is 0.353 e. The van der Waals surface area contributed by atoms with Crippen molar-refractivity contribution in [3.63, 3.8) is 0 Å². The molecule has 0 unspecified atom stereocenters. The van der Waals surface area contributed by atoms with Gasteiger partial charge in [0.2, 0.25) is 0 Å². The summed E-state index contributed by atoms with van der Waals surface area (Å²) in [4.78, 5) is 0. The maximum Gasteiger partial charge on any atom is 0.173 e. The molecule has 0 aromatic carbocycles. The van der Waals surface area contributed by atoms with Gasteiger partial charge in [-0.05, 0) is 41.5 Å². The van der Waals surface area contributed by atoms with Gasteiger partial charge in [0.05, 0.1) is 0 Å². The van der Waals surface area contributed by atoms with Gasteiger partial charge in [0, 0.05) is 13.2 Å². The van der Waals surface area contributed by atoms with Crippen molar-refractivity contribution >= 4 is 0 Å². The first-order valence-corrected chi connectivity index (χ1v) is 5.05. The third-order valence-corrected chi connectivity index (χ3v) is 1.53. The second-order valence-corrected chi connectivity index (χ2v) is 3.96. The molecule has 84 valence electrons. The standard InChI is InChI=1S/C10H22N2O2/c1-7-13-9(3,4)11-12-10(5,6)14-8-2/h7-8H2,1-6H3. The van der Waals surface area contributed by atoms with Crippen molar-refractivity contribution in [2.24, 2.45) is 10.2 Å². The third-order valence-electron chi connectivity index (χ3n) is 1.53. The monoisotopic (exact) mass is 202 g/mol. The molecule has 0 rings (SSSR count). The Morgan fingerprint density at radius 2 is 1.07 bits per heavy atom. The molecule has 0 saturated heterocycles. The van der Waals surface area contributed by atoms with Crippen LogP contribution in [0.1, 0.15) is 41.5 Å². The Labute approximate surface area is 86.7 Å². The average Bonchev–Trinajstić information content (AvgIpc) is 2.01. The Hall–Kier alpha value is -0.480. The van der Waals surface area contributed by atoms with Crippen LogP contribution >= 0.6 is 0 Å². The molecule has 0 aromatic rings. The van der Waals surface area contributed by atoms with E-state index in [4.69, 9.17) is 9.47 Å². The van der Waals surface area contributed by atoms with E-state index < -0.39 is 11.4 Å². The van der Waals surface area contributed by atoms with E-state index >= 15 is 0 Å². The number of azo groups is 1. The fraction of sp³-hybridized carbons (Fsp3) is 1.00. The molecule has 0 bridgehead atoms. The van der Waals surface area contributed by atoms with Crippen LogP contribution in [0, 0.1) is 0 Å². The molecule has 0 atom stereocenters. The Morgan fingerprint density at radius 1 is 0.786 bits per heavy atom. The van der Waals surface area contributed by atoms with Crippen LogP contribution in [0.3, 0.4) is 0 Å². The second kappa shape index (κ2) is 5.41. The highest BCUT2D eigenvalue weighted by atomic mass is 16.5. The van der Waals surface area contributed by atoms with Gasteiger partial charge >= 0.3 is 0 Å². The van der Waals surface area contributed by atoms with Crippen molar-refractivity contribution in [1.82, 2.24) is 0 Å². The molecular formula is C10H22N2O2. The van der Waals surface area contributed by atoms with E-state index in [0.717, 1.165) is 0 Å². The van der Waals surface area contributed by atoms with E-state index in [1.54, 1.807) is 0 Å². The Morgan fingerprint density at radius 3 is 1.29 bits per heavy atom. The highest BCUT2D eigenvalue weighted by Crippen LogP contribution is 2.17. The summed E-state index contributed by atoms with van der Waals surface area (Å²) in [6.07, 6.45) is 0. The molecule has 4 nitrogen and oxygen atoms in total. The maximum absolute atomic E-state index is 5.39. The average molecular weight is 202 g/mol. The zero-order valence-corrected chi connectivity index (χ0v) is 10.1. The number of hydrogen-bond donors (Lipinski definition) is 0. The van der Waals surface area contributed by atoms with Crippen LogP contribution in [-0.4, -0.2) is 24.7 Å². The van der Waals surface area contributed by atoms with Crippen LogP contribution in [0.5, 0.6) is 0 Å². The summed E-state index contributed by atoms with van der Waals surface area (Å²) in [7, 11) is 0. The smallest absolute Gasteiger partial charge is 0.173 e. The van der Waals surface area contributed by atoms with Gasteiger partial charge in [0.1, 0.15) is 0 Å². The van der Waals surface area contributed by atoms with Crippen molar-refractivity contribution in [1.29, 1.82) is 0 Å². The normalized spacial score (nSPS) is 13.9. The maximum atomic E-state index is 5.39. The molecule has 0 spiro atoms. The molecule has 0 fully saturated rings. The summed E-state index contributed by atoms with van der Waals surface area (Å²) in [6, 6.07) is 0. The van der Waals surface area contributed by atoms with Crippen LogP contribution < -0.4 is 0 Å². The van der Waals surface area contributed by atoms with Gasteiger partial charge in [0.25, 0.3) is 0 Å². The summed E-state index contributed by atoms with van der Waals surface area (Å²) in [6.45, 7) is 12.6. The highest BCUT2D eigenvalue weighted by Gasteiger charge is 2.20.